The van der Waals surface area contributed by atoms with Crippen LogP contribution in [0.3, 0.4) is 0 Å². The average Bonchev–Trinajstić information content (AvgIpc) is 3.81. The number of hydrogen-bond donors (Lipinski definition) is 0. The topological polar surface area (TPSA) is 55.1 Å². The SMILES string of the molecule is c1ccc(-c2nc(-c3ccc(N(c4ccccc4)c4ccccc4)cc3)nc(-c3ccc4sc5ccc6oc7cc8ccccc8cc7c6c5c4c3)n2)cc1. The van der Waals surface area contributed by atoms with Gasteiger partial charge in [-0.3, -0.25) is 0 Å². The zero-order valence-corrected chi connectivity index (χ0v) is 30.2. The number of rotatable bonds is 6. The Kier molecular flexibility index (Phi) is 7.28. The largest absolute Gasteiger partial charge is 0.456 e. The maximum Gasteiger partial charge on any atom is 0.164 e. The fourth-order valence-corrected chi connectivity index (χ4v) is 8.76. The summed E-state index contributed by atoms with van der Waals surface area (Å²) in [5.74, 6) is 1.87. The van der Waals surface area contributed by atoms with Crippen LogP contribution in [0.5, 0.6) is 0 Å². The molecule has 0 saturated heterocycles. The lowest BCUT2D eigenvalue weighted by atomic mass is 10.0. The number of thiophene rings is 1. The van der Waals surface area contributed by atoms with Gasteiger partial charge in [0.1, 0.15) is 11.2 Å². The van der Waals surface area contributed by atoms with Crippen LogP contribution in [0, 0.1) is 0 Å². The molecule has 0 fully saturated rings. The Morgan fingerprint density at radius 2 is 0.909 bits per heavy atom. The molecule has 0 atom stereocenters. The molecule has 0 amide bonds. The molecule has 0 aliphatic rings. The van der Waals surface area contributed by atoms with Gasteiger partial charge < -0.3 is 9.32 Å². The lowest BCUT2D eigenvalue weighted by Crippen LogP contribution is -2.09. The number of anilines is 3. The van der Waals surface area contributed by atoms with Crippen LogP contribution >= 0.6 is 11.3 Å². The van der Waals surface area contributed by atoms with Crippen molar-refractivity contribution >= 4 is 81.3 Å². The van der Waals surface area contributed by atoms with E-state index in [1.165, 1.54) is 25.6 Å². The van der Waals surface area contributed by atoms with Crippen LogP contribution in [0.4, 0.5) is 17.1 Å². The molecular formula is C49H30N4OS. The van der Waals surface area contributed by atoms with Gasteiger partial charge in [-0.15, -0.1) is 11.3 Å². The molecule has 0 N–H and O–H groups in total. The van der Waals surface area contributed by atoms with Crippen molar-refractivity contribution in [2.75, 3.05) is 4.90 Å². The second-order valence-electron chi connectivity index (χ2n) is 13.6. The summed E-state index contributed by atoms with van der Waals surface area (Å²) in [5, 5.41) is 6.99. The first-order valence-electron chi connectivity index (χ1n) is 18.3. The molecule has 3 aromatic heterocycles. The number of furan rings is 1. The summed E-state index contributed by atoms with van der Waals surface area (Å²) in [6.45, 7) is 0. The molecule has 0 bridgehead atoms. The molecule has 0 spiro atoms. The van der Waals surface area contributed by atoms with Crippen molar-refractivity contribution in [2.24, 2.45) is 0 Å². The molecule has 55 heavy (non-hydrogen) atoms. The van der Waals surface area contributed by atoms with E-state index in [1.807, 2.05) is 42.5 Å². The number of hydrogen-bond acceptors (Lipinski definition) is 6. The summed E-state index contributed by atoms with van der Waals surface area (Å²) in [6.07, 6.45) is 0. The number of nitrogens with zero attached hydrogens (tertiary/aromatic N) is 4. The fourth-order valence-electron chi connectivity index (χ4n) is 7.67. The summed E-state index contributed by atoms with van der Waals surface area (Å²) in [4.78, 5) is 17.5. The Morgan fingerprint density at radius 1 is 0.382 bits per heavy atom. The van der Waals surface area contributed by atoms with E-state index in [1.54, 1.807) is 11.3 Å². The Hall–Kier alpha value is -7.15. The van der Waals surface area contributed by atoms with Crippen LogP contribution in [0.25, 0.3) is 87.0 Å². The third-order valence-electron chi connectivity index (χ3n) is 10.3. The van der Waals surface area contributed by atoms with Crippen molar-refractivity contribution in [3.05, 3.63) is 182 Å². The normalized spacial score (nSPS) is 11.6. The van der Waals surface area contributed by atoms with Crippen LogP contribution in [0.15, 0.2) is 186 Å². The minimum absolute atomic E-state index is 0.617. The van der Waals surface area contributed by atoms with E-state index in [4.69, 9.17) is 19.4 Å². The molecule has 6 heteroatoms. The summed E-state index contributed by atoms with van der Waals surface area (Å²) < 4.78 is 8.90. The van der Waals surface area contributed by atoms with Gasteiger partial charge in [-0.2, -0.15) is 0 Å². The molecule has 11 aromatic rings. The van der Waals surface area contributed by atoms with E-state index in [0.717, 1.165) is 61.1 Å². The number of para-hydroxylation sites is 2. The first-order valence-corrected chi connectivity index (χ1v) is 19.1. The molecular weight excluding hydrogens is 693 g/mol. The molecule has 0 aliphatic heterocycles. The van der Waals surface area contributed by atoms with Crippen LogP contribution in [0.2, 0.25) is 0 Å². The van der Waals surface area contributed by atoms with Gasteiger partial charge in [0.05, 0.1) is 0 Å². The minimum atomic E-state index is 0.617. The highest BCUT2D eigenvalue weighted by molar-refractivity contribution is 7.26. The number of benzene rings is 8. The van der Waals surface area contributed by atoms with E-state index in [-0.39, 0.29) is 0 Å². The highest BCUT2D eigenvalue weighted by atomic mass is 32.1. The van der Waals surface area contributed by atoms with Crippen LogP contribution < -0.4 is 4.90 Å². The van der Waals surface area contributed by atoms with E-state index >= 15 is 0 Å². The van der Waals surface area contributed by atoms with Crippen molar-refractivity contribution in [2.45, 2.75) is 0 Å². The summed E-state index contributed by atoms with van der Waals surface area (Å²) in [7, 11) is 0. The van der Waals surface area contributed by atoms with E-state index in [0.29, 0.717) is 17.5 Å². The molecule has 0 saturated carbocycles. The number of fused-ring (bicyclic) bond motifs is 8. The Labute approximate surface area is 320 Å². The maximum atomic E-state index is 6.47. The molecule has 258 valence electrons. The van der Waals surface area contributed by atoms with E-state index < -0.39 is 0 Å². The van der Waals surface area contributed by atoms with Gasteiger partial charge in [-0.1, -0.05) is 91.0 Å². The number of aromatic nitrogens is 3. The lowest BCUT2D eigenvalue weighted by molar-refractivity contribution is 0.670. The second kappa shape index (κ2) is 12.8. The van der Waals surface area contributed by atoms with Gasteiger partial charge in [0.25, 0.3) is 0 Å². The van der Waals surface area contributed by atoms with Gasteiger partial charge in [0.15, 0.2) is 17.5 Å². The van der Waals surface area contributed by atoms with E-state index in [2.05, 4.69) is 144 Å². The van der Waals surface area contributed by atoms with Gasteiger partial charge in [-0.05, 0) is 102 Å². The third kappa shape index (κ3) is 5.42. The smallest absolute Gasteiger partial charge is 0.164 e. The quantitative estimate of drug-likeness (QED) is 0.171. The van der Waals surface area contributed by atoms with Crippen molar-refractivity contribution in [1.82, 2.24) is 15.0 Å². The first kappa shape index (κ1) is 31.4. The van der Waals surface area contributed by atoms with Crippen molar-refractivity contribution in [3.8, 4) is 34.2 Å². The minimum Gasteiger partial charge on any atom is -0.456 e. The lowest BCUT2D eigenvalue weighted by Gasteiger charge is -2.25. The van der Waals surface area contributed by atoms with Gasteiger partial charge in [0.2, 0.25) is 0 Å². The molecule has 0 radical (unpaired) electrons. The average molecular weight is 723 g/mol. The highest BCUT2D eigenvalue weighted by Crippen LogP contribution is 2.44. The molecule has 8 aromatic carbocycles. The highest BCUT2D eigenvalue weighted by Gasteiger charge is 2.19. The maximum absolute atomic E-state index is 6.47. The Balaban J connectivity index is 1.06. The van der Waals surface area contributed by atoms with Gasteiger partial charge in [-0.25, -0.2) is 15.0 Å². The summed E-state index contributed by atoms with van der Waals surface area (Å²) >= 11 is 1.80. The van der Waals surface area contributed by atoms with Gasteiger partial charge >= 0.3 is 0 Å². The fraction of sp³-hybridized carbons (Fsp3) is 0. The monoisotopic (exact) mass is 722 g/mol. The zero-order valence-electron chi connectivity index (χ0n) is 29.4. The second-order valence-corrected chi connectivity index (χ2v) is 14.7. The first-order chi connectivity index (χ1) is 27.2. The van der Waals surface area contributed by atoms with Crippen molar-refractivity contribution < 1.29 is 4.42 Å². The summed E-state index contributed by atoms with van der Waals surface area (Å²) in [6, 6.07) is 63.2. The third-order valence-corrected chi connectivity index (χ3v) is 11.4. The Morgan fingerprint density at radius 3 is 1.58 bits per heavy atom. The van der Waals surface area contributed by atoms with Crippen molar-refractivity contribution in [1.29, 1.82) is 0 Å². The predicted molar refractivity (Wildman–Crippen MR) is 228 cm³/mol. The van der Waals surface area contributed by atoms with E-state index in [9.17, 15) is 0 Å². The van der Waals surface area contributed by atoms with Crippen molar-refractivity contribution in [3.63, 3.8) is 0 Å². The molecule has 11 rings (SSSR count). The molecule has 5 nitrogen and oxygen atoms in total. The standard InChI is InChI=1S/C49H30N4OS/c1-4-12-31(13-5-1)47-50-48(32-20-23-38(24-21-32)53(36-16-6-2-7-17-36)37-18-8-3-9-19-37)52-49(51-47)35-22-26-43-40(29-35)46-44(55-43)27-25-41-45(46)39-28-33-14-10-11-15-34(33)30-42(39)54-41/h1-30H. The van der Waals surface area contributed by atoms with Crippen LogP contribution in [-0.2, 0) is 0 Å². The van der Waals surface area contributed by atoms with Crippen LogP contribution in [-0.4, -0.2) is 15.0 Å². The Bertz CT molecular complexity index is 3150. The molecule has 3 heterocycles. The zero-order chi connectivity index (χ0) is 36.3. The summed E-state index contributed by atoms with van der Waals surface area (Å²) in [5.41, 5.74) is 7.77. The predicted octanol–water partition coefficient (Wildman–Crippen LogP) is 13.8. The van der Waals surface area contributed by atoms with Crippen LogP contribution in [0.1, 0.15) is 0 Å². The molecule has 0 unspecified atom stereocenters. The van der Waals surface area contributed by atoms with Gasteiger partial charge in [0, 0.05) is 64.7 Å². The molecule has 0 aliphatic carbocycles.